The number of hydroxylamine groups is 2. The highest BCUT2D eigenvalue weighted by Gasteiger charge is 2.41. The van der Waals surface area contributed by atoms with Crippen LogP contribution >= 0.6 is 0 Å². The maximum Gasteiger partial charge on any atom is 0.0528 e. The average molecular weight is 114 g/mol. The van der Waals surface area contributed by atoms with E-state index in [2.05, 4.69) is 5.32 Å². The molecule has 0 aromatic rings. The molecule has 2 N–H and O–H groups in total. The van der Waals surface area contributed by atoms with E-state index in [1.807, 2.05) is 0 Å². The van der Waals surface area contributed by atoms with Gasteiger partial charge in [0.15, 0.2) is 0 Å². The van der Waals surface area contributed by atoms with Gasteiger partial charge in [-0.2, -0.15) is 5.06 Å². The third-order valence-electron chi connectivity index (χ3n) is 2.11. The average Bonchev–Trinajstić information content (AvgIpc) is 2.09. The first-order valence-electron chi connectivity index (χ1n) is 3.04. The van der Waals surface area contributed by atoms with Gasteiger partial charge in [-0.05, 0) is 0 Å². The van der Waals surface area contributed by atoms with Crippen LogP contribution < -0.4 is 5.32 Å². The molecule has 2 heterocycles. The summed E-state index contributed by atoms with van der Waals surface area (Å²) in [6, 6.07) is 0.440. The van der Waals surface area contributed by atoms with Crippen LogP contribution in [0.4, 0.5) is 0 Å². The second-order valence-electron chi connectivity index (χ2n) is 2.61. The van der Waals surface area contributed by atoms with Gasteiger partial charge in [-0.25, -0.2) is 0 Å². The fraction of sp³-hybridized carbons (Fsp3) is 1.00. The highest BCUT2D eigenvalue weighted by atomic mass is 16.5. The molecular weight excluding hydrogens is 104 g/mol. The molecule has 0 amide bonds. The lowest BCUT2D eigenvalue weighted by Gasteiger charge is -2.38. The van der Waals surface area contributed by atoms with Gasteiger partial charge < -0.3 is 10.5 Å². The van der Waals surface area contributed by atoms with Gasteiger partial charge in [0.05, 0.1) is 6.04 Å². The Hall–Kier alpha value is -0.120. The Balaban J connectivity index is 2.02. The molecule has 2 atom stereocenters. The number of rotatable bonds is 0. The van der Waals surface area contributed by atoms with Gasteiger partial charge in [0.25, 0.3) is 0 Å². The van der Waals surface area contributed by atoms with Crippen molar-refractivity contribution >= 4 is 0 Å². The number of nitrogens with one attached hydrogen (secondary N) is 1. The van der Waals surface area contributed by atoms with Gasteiger partial charge in [-0.15, -0.1) is 0 Å². The van der Waals surface area contributed by atoms with Crippen LogP contribution in [0.5, 0.6) is 0 Å². The molecule has 0 bridgehead atoms. The summed E-state index contributed by atoms with van der Waals surface area (Å²) in [5.74, 6) is 0.736. The van der Waals surface area contributed by atoms with Crippen LogP contribution in [-0.2, 0) is 0 Å². The van der Waals surface area contributed by atoms with Crippen LogP contribution in [0.3, 0.4) is 0 Å². The predicted molar refractivity (Wildman–Crippen MR) is 28.6 cm³/mol. The first-order chi connectivity index (χ1) is 3.88. The standard InChI is InChI=1S/C5H10N2O/c8-7-3-4-1-6-2-5(4)7/h4-6,8H,1-3H2. The Morgan fingerprint density at radius 3 is 2.88 bits per heavy atom. The minimum Gasteiger partial charge on any atom is -0.315 e. The van der Waals surface area contributed by atoms with E-state index < -0.39 is 0 Å². The van der Waals surface area contributed by atoms with E-state index in [0.717, 1.165) is 25.6 Å². The molecule has 2 rings (SSSR count). The van der Waals surface area contributed by atoms with E-state index in [9.17, 15) is 0 Å². The highest BCUT2D eigenvalue weighted by Crippen LogP contribution is 2.24. The molecule has 2 unspecified atom stereocenters. The molecule has 0 aromatic carbocycles. The zero-order valence-corrected chi connectivity index (χ0v) is 4.67. The van der Waals surface area contributed by atoms with Gasteiger partial charge in [0.1, 0.15) is 0 Å². The molecule has 2 fully saturated rings. The van der Waals surface area contributed by atoms with Crippen LogP contribution in [0.25, 0.3) is 0 Å². The summed E-state index contributed by atoms with van der Waals surface area (Å²) >= 11 is 0. The monoisotopic (exact) mass is 114 g/mol. The highest BCUT2D eigenvalue weighted by molar-refractivity contribution is 4.94. The van der Waals surface area contributed by atoms with Crippen molar-refractivity contribution in [1.82, 2.24) is 10.4 Å². The SMILES string of the molecule is ON1CC2CNCC21. The molecule has 46 valence electrons. The zero-order valence-electron chi connectivity index (χ0n) is 4.67. The lowest BCUT2D eigenvalue weighted by molar-refractivity contribution is -0.198. The summed E-state index contributed by atoms with van der Waals surface area (Å²) in [5.41, 5.74) is 0. The van der Waals surface area contributed by atoms with Crippen molar-refractivity contribution in [2.45, 2.75) is 6.04 Å². The molecule has 0 spiro atoms. The fourth-order valence-electron chi connectivity index (χ4n) is 1.49. The summed E-state index contributed by atoms with van der Waals surface area (Å²) in [7, 11) is 0. The van der Waals surface area contributed by atoms with Crippen molar-refractivity contribution in [3.8, 4) is 0 Å². The molecule has 2 aliphatic heterocycles. The Morgan fingerprint density at radius 1 is 1.50 bits per heavy atom. The van der Waals surface area contributed by atoms with Crippen molar-refractivity contribution in [1.29, 1.82) is 0 Å². The van der Waals surface area contributed by atoms with E-state index >= 15 is 0 Å². The van der Waals surface area contributed by atoms with Crippen LogP contribution in [0.2, 0.25) is 0 Å². The Morgan fingerprint density at radius 2 is 2.38 bits per heavy atom. The molecule has 0 radical (unpaired) electrons. The van der Waals surface area contributed by atoms with E-state index in [0.29, 0.717) is 6.04 Å². The van der Waals surface area contributed by atoms with Gasteiger partial charge in [-0.1, -0.05) is 0 Å². The smallest absolute Gasteiger partial charge is 0.0528 e. The third-order valence-corrected chi connectivity index (χ3v) is 2.11. The van der Waals surface area contributed by atoms with Crippen LogP contribution in [0.15, 0.2) is 0 Å². The van der Waals surface area contributed by atoms with Crippen molar-refractivity contribution in [2.24, 2.45) is 5.92 Å². The van der Waals surface area contributed by atoms with E-state index in [4.69, 9.17) is 5.21 Å². The van der Waals surface area contributed by atoms with Crippen molar-refractivity contribution in [3.05, 3.63) is 0 Å². The van der Waals surface area contributed by atoms with Crippen LogP contribution in [-0.4, -0.2) is 35.9 Å². The van der Waals surface area contributed by atoms with Gasteiger partial charge in [-0.3, -0.25) is 0 Å². The lowest BCUT2D eigenvalue weighted by atomic mass is 9.95. The quantitative estimate of drug-likeness (QED) is 0.436. The number of fused-ring (bicyclic) bond motifs is 1. The van der Waals surface area contributed by atoms with E-state index in [-0.39, 0.29) is 0 Å². The number of nitrogens with zero attached hydrogens (tertiary/aromatic N) is 1. The molecule has 0 aliphatic carbocycles. The molecule has 2 aliphatic rings. The largest absolute Gasteiger partial charge is 0.315 e. The second kappa shape index (κ2) is 1.43. The summed E-state index contributed by atoms with van der Waals surface area (Å²) < 4.78 is 0. The number of hydrogen-bond donors (Lipinski definition) is 2. The van der Waals surface area contributed by atoms with E-state index in [1.54, 1.807) is 0 Å². The van der Waals surface area contributed by atoms with Crippen molar-refractivity contribution < 1.29 is 5.21 Å². The van der Waals surface area contributed by atoms with Crippen LogP contribution in [0.1, 0.15) is 0 Å². The van der Waals surface area contributed by atoms with Crippen molar-refractivity contribution in [2.75, 3.05) is 19.6 Å². The summed E-state index contributed by atoms with van der Waals surface area (Å²) in [5, 5.41) is 13.5. The maximum atomic E-state index is 8.91. The number of hydrogen-bond acceptors (Lipinski definition) is 3. The molecule has 3 heteroatoms. The predicted octanol–water partition coefficient (Wildman–Crippen LogP) is -0.721. The van der Waals surface area contributed by atoms with Gasteiger partial charge in [0.2, 0.25) is 0 Å². The minimum absolute atomic E-state index is 0.440. The summed E-state index contributed by atoms with van der Waals surface area (Å²) in [4.78, 5) is 0. The first-order valence-corrected chi connectivity index (χ1v) is 3.04. The first kappa shape index (κ1) is 4.73. The molecule has 8 heavy (non-hydrogen) atoms. The summed E-state index contributed by atoms with van der Waals surface area (Å²) in [6.45, 7) is 2.94. The Labute approximate surface area is 48.2 Å². The zero-order chi connectivity index (χ0) is 5.56. The second-order valence-corrected chi connectivity index (χ2v) is 2.61. The fourth-order valence-corrected chi connectivity index (χ4v) is 1.49. The van der Waals surface area contributed by atoms with E-state index in [1.165, 1.54) is 5.06 Å². The van der Waals surface area contributed by atoms with Gasteiger partial charge in [0, 0.05) is 25.6 Å². The molecule has 0 saturated carbocycles. The lowest BCUT2D eigenvalue weighted by Crippen LogP contribution is -2.53. The van der Waals surface area contributed by atoms with Crippen LogP contribution in [0, 0.1) is 5.92 Å². The molecule has 2 saturated heterocycles. The molecule has 3 nitrogen and oxygen atoms in total. The van der Waals surface area contributed by atoms with Gasteiger partial charge >= 0.3 is 0 Å². The minimum atomic E-state index is 0.440. The maximum absolute atomic E-state index is 8.91. The normalized spacial score (nSPS) is 46.1. The molecule has 0 aromatic heterocycles. The topological polar surface area (TPSA) is 35.5 Å². The summed E-state index contributed by atoms with van der Waals surface area (Å²) in [6.07, 6.45) is 0. The third kappa shape index (κ3) is 0.438. The van der Waals surface area contributed by atoms with Crippen molar-refractivity contribution in [3.63, 3.8) is 0 Å². The Kier molecular flexibility index (Phi) is 0.848. The molecular formula is C5H10N2O. The Bertz CT molecular complexity index is 107.